The molecule has 0 radical (unpaired) electrons. The summed E-state index contributed by atoms with van der Waals surface area (Å²) in [5, 5.41) is 21.0. The topological polar surface area (TPSA) is 157 Å². The van der Waals surface area contributed by atoms with Crippen LogP contribution >= 0.6 is 0 Å². The minimum absolute atomic E-state index is 0.0584. The molecule has 5 N–H and O–H groups in total. The van der Waals surface area contributed by atoms with E-state index < -0.39 is 47.4 Å². The maximum atomic E-state index is 14.2. The highest BCUT2D eigenvalue weighted by atomic mass is 16.4. The first-order valence-corrected chi connectivity index (χ1v) is 15.1. The summed E-state index contributed by atoms with van der Waals surface area (Å²) in [7, 11) is 1.66. The number of likely N-dealkylation sites (N-methyl/N-ethyl adjacent to an activating group) is 1. The first kappa shape index (κ1) is 32.7. The van der Waals surface area contributed by atoms with Gasteiger partial charge in [-0.1, -0.05) is 45.0 Å². The number of carboxylic acid groups (broad SMARTS) is 1. The smallest absolute Gasteiger partial charge is 0.335 e. The first-order chi connectivity index (χ1) is 20.8. The molecular formula is C33H43N5O6. The van der Waals surface area contributed by atoms with Crippen molar-refractivity contribution in [3.8, 4) is 0 Å². The van der Waals surface area contributed by atoms with Crippen LogP contribution in [-0.4, -0.2) is 77.4 Å². The average Bonchev–Trinajstić information content (AvgIpc) is 3.42. The SMILES string of the molecule is CN[C@@H](C)C(=O)N[C@H](C(=O)N1C[C@@H](NC(=O)c2ccc(C(=O)O)cc2)C[C@H]1C(=O)N[C@@H]1CCCc2ccccc21)C(C)(C)C. The number of aromatic carboxylic acids is 1. The number of rotatable bonds is 9. The van der Waals surface area contributed by atoms with E-state index in [1.165, 1.54) is 34.7 Å². The zero-order valence-electron chi connectivity index (χ0n) is 26.0. The molecule has 11 nitrogen and oxygen atoms in total. The molecule has 2 aromatic rings. The van der Waals surface area contributed by atoms with Crippen molar-refractivity contribution in [1.82, 2.24) is 26.2 Å². The number of fused-ring (bicyclic) bond motifs is 1. The van der Waals surface area contributed by atoms with E-state index in [1.54, 1.807) is 14.0 Å². The third-order valence-electron chi connectivity index (χ3n) is 8.53. The summed E-state index contributed by atoms with van der Waals surface area (Å²) in [5.41, 5.74) is 1.91. The predicted molar refractivity (Wildman–Crippen MR) is 165 cm³/mol. The van der Waals surface area contributed by atoms with Crippen molar-refractivity contribution in [1.29, 1.82) is 0 Å². The predicted octanol–water partition coefficient (Wildman–Crippen LogP) is 2.42. The number of amides is 4. The number of likely N-dealkylation sites (tertiary alicyclic amines) is 1. The molecule has 4 amide bonds. The Balaban J connectivity index is 1.59. The Labute approximate surface area is 258 Å². The second-order valence-electron chi connectivity index (χ2n) is 12.8. The molecule has 1 fully saturated rings. The van der Waals surface area contributed by atoms with Crippen LogP contribution in [0.3, 0.4) is 0 Å². The Hall–Kier alpha value is -4.25. The van der Waals surface area contributed by atoms with Gasteiger partial charge in [-0.15, -0.1) is 0 Å². The molecule has 1 saturated heterocycles. The van der Waals surface area contributed by atoms with Crippen LogP contribution in [0.2, 0.25) is 0 Å². The zero-order valence-corrected chi connectivity index (χ0v) is 26.0. The van der Waals surface area contributed by atoms with Crippen LogP contribution in [0.25, 0.3) is 0 Å². The Bertz CT molecular complexity index is 1400. The maximum Gasteiger partial charge on any atom is 0.335 e. The highest BCUT2D eigenvalue weighted by molar-refractivity contribution is 5.97. The van der Waals surface area contributed by atoms with E-state index in [1.807, 2.05) is 39.0 Å². The van der Waals surface area contributed by atoms with Gasteiger partial charge in [-0.2, -0.15) is 0 Å². The van der Waals surface area contributed by atoms with Crippen LogP contribution in [0.4, 0.5) is 0 Å². The zero-order chi connectivity index (χ0) is 32.2. The molecule has 1 aliphatic carbocycles. The molecule has 0 spiro atoms. The summed E-state index contributed by atoms with van der Waals surface area (Å²) in [4.78, 5) is 66.8. The summed E-state index contributed by atoms with van der Waals surface area (Å²) in [5.74, 6) is -2.59. The highest BCUT2D eigenvalue weighted by Gasteiger charge is 2.46. The lowest BCUT2D eigenvalue weighted by Gasteiger charge is -2.36. The van der Waals surface area contributed by atoms with Gasteiger partial charge >= 0.3 is 5.97 Å². The van der Waals surface area contributed by atoms with Gasteiger partial charge in [0.1, 0.15) is 12.1 Å². The fraction of sp³-hybridized carbons (Fsp3) is 0.485. The van der Waals surface area contributed by atoms with Crippen molar-refractivity contribution in [2.75, 3.05) is 13.6 Å². The lowest BCUT2D eigenvalue weighted by Crippen LogP contribution is -2.59. The molecular weight excluding hydrogens is 562 g/mol. The summed E-state index contributed by atoms with van der Waals surface area (Å²) in [6.45, 7) is 7.32. The molecule has 2 aromatic carbocycles. The number of hydrogen-bond donors (Lipinski definition) is 5. The second kappa shape index (κ2) is 13.6. The normalized spacial score (nSPS) is 21.0. The first-order valence-electron chi connectivity index (χ1n) is 15.1. The summed E-state index contributed by atoms with van der Waals surface area (Å²) in [6.07, 6.45) is 2.83. The van der Waals surface area contributed by atoms with Crippen molar-refractivity contribution in [2.24, 2.45) is 5.41 Å². The molecule has 0 saturated carbocycles. The molecule has 1 aliphatic heterocycles. The maximum absolute atomic E-state index is 14.2. The molecule has 11 heteroatoms. The third-order valence-corrected chi connectivity index (χ3v) is 8.53. The van der Waals surface area contributed by atoms with E-state index in [-0.39, 0.29) is 41.9 Å². The van der Waals surface area contributed by atoms with Crippen LogP contribution in [0.1, 0.15) is 84.8 Å². The van der Waals surface area contributed by atoms with Crippen molar-refractivity contribution in [3.63, 3.8) is 0 Å². The van der Waals surface area contributed by atoms with Gasteiger partial charge in [0.05, 0.1) is 17.6 Å². The molecule has 5 atom stereocenters. The van der Waals surface area contributed by atoms with Crippen LogP contribution in [0, 0.1) is 5.41 Å². The van der Waals surface area contributed by atoms with Crippen LogP contribution in [0.15, 0.2) is 48.5 Å². The largest absolute Gasteiger partial charge is 0.478 e. The van der Waals surface area contributed by atoms with E-state index in [2.05, 4.69) is 27.3 Å². The molecule has 1 heterocycles. The number of carbonyl (C=O) groups is 5. The van der Waals surface area contributed by atoms with E-state index in [9.17, 15) is 29.1 Å². The second-order valence-corrected chi connectivity index (χ2v) is 12.8. The van der Waals surface area contributed by atoms with E-state index in [0.29, 0.717) is 0 Å². The molecule has 4 rings (SSSR count). The van der Waals surface area contributed by atoms with Gasteiger partial charge in [0.2, 0.25) is 17.7 Å². The Morgan fingerprint density at radius 2 is 1.61 bits per heavy atom. The van der Waals surface area contributed by atoms with Crippen molar-refractivity contribution in [3.05, 3.63) is 70.8 Å². The molecule has 0 bridgehead atoms. The lowest BCUT2D eigenvalue weighted by atomic mass is 9.85. The number of aryl methyl sites for hydroxylation is 1. The standard InChI is InChI=1S/C33H43N5O6/c1-19(34-5)28(39)37-27(33(2,3)4)31(42)38-18-23(35-29(40)21-13-15-22(16-14-21)32(43)44)17-26(38)30(41)36-25-12-8-10-20-9-6-7-11-24(20)25/h6-7,9,11,13-16,19,23,25-27,34H,8,10,12,17-18H2,1-5H3,(H,35,40)(H,36,41)(H,37,39)(H,43,44)/t19-,23-,25+,26-,27+/m0/s1. The van der Waals surface area contributed by atoms with Gasteiger partial charge in [-0.3, -0.25) is 19.2 Å². The fourth-order valence-electron chi connectivity index (χ4n) is 5.85. The molecule has 44 heavy (non-hydrogen) atoms. The summed E-state index contributed by atoms with van der Waals surface area (Å²) in [6, 6.07) is 10.5. The summed E-state index contributed by atoms with van der Waals surface area (Å²) >= 11 is 0. The van der Waals surface area contributed by atoms with Crippen LogP contribution in [0.5, 0.6) is 0 Å². The van der Waals surface area contributed by atoms with Gasteiger partial charge in [0.25, 0.3) is 5.91 Å². The lowest BCUT2D eigenvalue weighted by molar-refractivity contribution is -0.144. The molecule has 0 aromatic heterocycles. The van der Waals surface area contributed by atoms with Gasteiger partial charge in [-0.05, 0) is 80.5 Å². The van der Waals surface area contributed by atoms with E-state index >= 15 is 0 Å². The van der Waals surface area contributed by atoms with Gasteiger partial charge in [0, 0.05) is 18.2 Å². The minimum Gasteiger partial charge on any atom is -0.478 e. The number of benzene rings is 2. The molecule has 236 valence electrons. The quantitative estimate of drug-likeness (QED) is 0.294. The molecule has 0 unspecified atom stereocenters. The number of carboxylic acids is 1. The van der Waals surface area contributed by atoms with E-state index in [4.69, 9.17) is 0 Å². The van der Waals surface area contributed by atoms with Gasteiger partial charge < -0.3 is 31.3 Å². The minimum atomic E-state index is -1.10. The van der Waals surface area contributed by atoms with Crippen LogP contribution in [-0.2, 0) is 20.8 Å². The number of hydrogen-bond acceptors (Lipinski definition) is 6. The highest BCUT2D eigenvalue weighted by Crippen LogP contribution is 2.31. The van der Waals surface area contributed by atoms with E-state index in [0.717, 1.165) is 24.8 Å². The number of nitrogens with zero attached hydrogens (tertiary/aromatic N) is 1. The fourth-order valence-corrected chi connectivity index (χ4v) is 5.85. The van der Waals surface area contributed by atoms with Gasteiger partial charge in [-0.25, -0.2) is 4.79 Å². The average molecular weight is 606 g/mol. The third kappa shape index (κ3) is 7.45. The number of nitrogens with one attached hydrogen (secondary N) is 4. The Morgan fingerprint density at radius 3 is 2.25 bits per heavy atom. The van der Waals surface area contributed by atoms with Crippen molar-refractivity contribution < 1.29 is 29.1 Å². The van der Waals surface area contributed by atoms with Crippen molar-refractivity contribution in [2.45, 2.75) is 83.6 Å². The summed E-state index contributed by atoms with van der Waals surface area (Å²) < 4.78 is 0. The molecule has 2 aliphatic rings. The Kier molecular flexibility index (Phi) is 10.1. The van der Waals surface area contributed by atoms with Crippen molar-refractivity contribution >= 4 is 29.6 Å². The van der Waals surface area contributed by atoms with Gasteiger partial charge in [0.15, 0.2) is 0 Å². The van der Waals surface area contributed by atoms with Crippen LogP contribution < -0.4 is 21.3 Å². The Morgan fingerprint density at radius 1 is 0.955 bits per heavy atom. The number of carbonyl (C=O) groups excluding carboxylic acids is 4. The monoisotopic (exact) mass is 605 g/mol.